The lowest BCUT2D eigenvalue weighted by Gasteiger charge is -2.31. The minimum Gasteiger partial charge on any atom is -0.309 e. The summed E-state index contributed by atoms with van der Waals surface area (Å²) in [6.07, 6.45) is 0.315. The molecule has 0 bridgehead atoms. The first-order valence-corrected chi connectivity index (χ1v) is 8.82. The largest absolute Gasteiger partial charge is 0.309 e. The summed E-state index contributed by atoms with van der Waals surface area (Å²) in [6.45, 7) is 0.604. The van der Waals surface area contributed by atoms with Crippen LogP contribution < -0.4 is 4.90 Å². The van der Waals surface area contributed by atoms with E-state index in [1.807, 2.05) is 19.0 Å². The minimum absolute atomic E-state index is 0.117. The van der Waals surface area contributed by atoms with Gasteiger partial charge in [0.15, 0.2) is 0 Å². The van der Waals surface area contributed by atoms with Crippen molar-refractivity contribution < 1.29 is 13.2 Å². The highest BCUT2D eigenvalue weighted by Gasteiger charge is 2.36. The van der Waals surface area contributed by atoms with Crippen LogP contribution in [0.3, 0.4) is 0 Å². The van der Waals surface area contributed by atoms with Gasteiger partial charge >= 0.3 is 0 Å². The van der Waals surface area contributed by atoms with E-state index in [1.54, 1.807) is 48.5 Å². The third-order valence-corrected chi connectivity index (χ3v) is 5.66. The van der Waals surface area contributed by atoms with Crippen molar-refractivity contribution in [3.63, 3.8) is 0 Å². The maximum atomic E-state index is 12.8. The lowest BCUT2D eigenvalue weighted by Crippen LogP contribution is -2.33. The van der Waals surface area contributed by atoms with E-state index in [2.05, 4.69) is 0 Å². The predicted molar refractivity (Wildman–Crippen MR) is 88.7 cm³/mol. The second-order valence-corrected chi connectivity index (χ2v) is 7.61. The van der Waals surface area contributed by atoms with Gasteiger partial charge in [0.1, 0.15) is 0 Å². The van der Waals surface area contributed by atoms with Gasteiger partial charge in [-0.2, -0.15) is 0 Å². The fraction of sp³-hybridized carbons (Fsp3) is 0.235. The zero-order chi connectivity index (χ0) is 16.6. The van der Waals surface area contributed by atoms with E-state index in [0.717, 1.165) is 0 Å². The van der Waals surface area contributed by atoms with Crippen molar-refractivity contribution in [2.75, 3.05) is 25.5 Å². The summed E-state index contributed by atoms with van der Waals surface area (Å²) in [5, 5.41) is 0. The van der Waals surface area contributed by atoms with Gasteiger partial charge in [0.2, 0.25) is 15.7 Å². The van der Waals surface area contributed by atoms with Crippen molar-refractivity contribution in [3.8, 4) is 0 Å². The highest BCUT2D eigenvalue weighted by Crippen LogP contribution is 2.43. The minimum atomic E-state index is -3.60. The molecule has 0 aromatic heterocycles. The second kappa shape index (κ2) is 5.79. The van der Waals surface area contributed by atoms with Gasteiger partial charge < -0.3 is 4.90 Å². The molecular formula is C17H18N2O3S. The van der Waals surface area contributed by atoms with E-state index in [9.17, 15) is 13.2 Å². The highest BCUT2D eigenvalue weighted by atomic mass is 32.2. The number of benzene rings is 2. The fourth-order valence-electron chi connectivity index (χ4n) is 2.69. The van der Waals surface area contributed by atoms with Gasteiger partial charge in [-0.15, -0.1) is 0 Å². The van der Waals surface area contributed by atoms with Crippen LogP contribution in [-0.4, -0.2) is 39.9 Å². The first-order chi connectivity index (χ1) is 10.9. The molecule has 1 aliphatic rings. The number of carbonyl (C=O) groups is 1. The lowest BCUT2D eigenvalue weighted by molar-refractivity contribution is -0.118. The van der Waals surface area contributed by atoms with Crippen LogP contribution >= 0.6 is 0 Å². The molecule has 3 rings (SSSR count). The first-order valence-electron chi connectivity index (χ1n) is 7.34. The van der Waals surface area contributed by atoms with Crippen molar-refractivity contribution in [2.45, 2.75) is 16.2 Å². The first kappa shape index (κ1) is 15.7. The Labute approximate surface area is 136 Å². The van der Waals surface area contributed by atoms with E-state index in [4.69, 9.17) is 0 Å². The summed E-state index contributed by atoms with van der Waals surface area (Å²) in [5.41, 5.74) is 0.852. The number of para-hydroxylation sites is 2. The van der Waals surface area contributed by atoms with E-state index in [-0.39, 0.29) is 15.7 Å². The molecule has 0 saturated carbocycles. The Balaban J connectivity index is 2.16. The Kier molecular flexibility index (Phi) is 3.95. The molecule has 0 saturated heterocycles. The number of amides is 1. The van der Waals surface area contributed by atoms with Gasteiger partial charge in [0.05, 0.1) is 21.2 Å². The second-order valence-electron chi connectivity index (χ2n) is 5.72. The number of anilines is 2. The quantitative estimate of drug-likeness (QED) is 0.867. The van der Waals surface area contributed by atoms with Gasteiger partial charge in [-0.1, -0.05) is 24.3 Å². The van der Waals surface area contributed by atoms with Crippen LogP contribution in [0.4, 0.5) is 11.4 Å². The molecule has 0 atom stereocenters. The Hall–Kier alpha value is -2.18. The van der Waals surface area contributed by atoms with E-state index in [1.165, 1.54) is 4.90 Å². The third-order valence-electron chi connectivity index (χ3n) is 3.81. The van der Waals surface area contributed by atoms with Gasteiger partial charge in [-0.05, 0) is 38.4 Å². The molecule has 1 heterocycles. The molecule has 2 aromatic rings. The van der Waals surface area contributed by atoms with Crippen molar-refractivity contribution in [1.29, 1.82) is 0 Å². The summed E-state index contributed by atoms with van der Waals surface area (Å²) < 4.78 is 25.6. The van der Waals surface area contributed by atoms with Crippen LogP contribution in [0.15, 0.2) is 58.3 Å². The molecule has 0 fully saturated rings. The molecule has 23 heavy (non-hydrogen) atoms. The van der Waals surface area contributed by atoms with E-state index < -0.39 is 9.84 Å². The highest BCUT2D eigenvalue weighted by molar-refractivity contribution is 7.92. The lowest BCUT2D eigenvalue weighted by atomic mass is 10.2. The van der Waals surface area contributed by atoms with Crippen LogP contribution in [-0.2, 0) is 14.6 Å². The molecule has 6 heteroatoms. The fourth-order valence-corrected chi connectivity index (χ4v) is 4.31. The summed E-state index contributed by atoms with van der Waals surface area (Å²) in [6, 6.07) is 13.3. The molecule has 5 nitrogen and oxygen atoms in total. The number of hydrogen-bond acceptors (Lipinski definition) is 4. The predicted octanol–water partition coefficient (Wildman–Crippen LogP) is 2.45. The molecule has 120 valence electrons. The van der Waals surface area contributed by atoms with Crippen LogP contribution in [0.2, 0.25) is 0 Å². The monoisotopic (exact) mass is 330 g/mol. The van der Waals surface area contributed by atoms with Crippen molar-refractivity contribution >= 4 is 27.1 Å². The molecule has 0 radical (unpaired) electrons. The molecular weight excluding hydrogens is 312 g/mol. The van der Waals surface area contributed by atoms with E-state index in [0.29, 0.717) is 24.3 Å². The number of sulfone groups is 1. The summed E-state index contributed by atoms with van der Waals surface area (Å²) in [7, 11) is 0.194. The number of fused-ring (bicyclic) bond motifs is 2. The number of hydrogen-bond donors (Lipinski definition) is 0. The Morgan fingerprint density at radius 2 is 1.43 bits per heavy atom. The molecule has 0 spiro atoms. The van der Waals surface area contributed by atoms with Gasteiger partial charge in [-0.3, -0.25) is 9.69 Å². The molecule has 1 aliphatic heterocycles. The smallest absolute Gasteiger partial charge is 0.232 e. The van der Waals surface area contributed by atoms with Gasteiger partial charge in [0.25, 0.3) is 0 Å². The maximum absolute atomic E-state index is 12.8. The van der Waals surface area contributed by atoms with Crippen LogP contribution in [0, 0.1) is 0 Å². The van der Waals surface area contributed by atoms with Crippen LogP contribution in [0.25, 0.3) is 0 Å². The summed E-state index contributed by atoms with van der Waals surface area (Å²) >= 11 is 0. The van der Waals surface area contributed by atoms with Crippen molar-refractivity contribution in [2.24, 2.45) is 0 Å². The Morgan fingerprint density at radius 3 is 1.91 bits per heavy atom. The molecule has 0 N–H and O–H groups in total. The number of carbonyl (C=O) groups excluding carboxylic acids is 1. The normalized spacial score (nSPS) is 15.2. The zero-order valence-corrected chi connectivity index (χ0v) is 13.9. The third kappa shape index (κ3) is 2.64. The molecule has 2 aromatic carbocycles. The number of rotatable bonds is 3. The average molecular weight is 330 g/mol. The zero-order valence-electron chi connectivity index (χ0n) is 13.1. The Morgan fingerprint density at radius 1 is 0.957 bits per heavy atom. The topological polar surface area (TPSA) is 57.7 Å². The maximum Gasteiger partial charge on any atom is 0.232 e. The standard InChI is InChI=1S/C17H18N2O3S/c1-18(2)12-11-17(20)19-13-7-3-5-9-15(13)23(21,22)16-10-6-4-8-14(16)19/h3-10H,11-12H2,1-2H3. The average Bonchev–Trinajstić information content (AvgIpc) is 2.53. The van der Waals surface area contributed by atoms with Crippen molar-refractivity contribution in [3.05, 3.63) is 48.5 Å². The van der Waals surface area contributed by atoms with Crippen LogP contribution in [0.5, 0.6) is 0 Å². The molecule has 0 aliphatic carbocycles. The molecule has 0 unspecified atom stereocenters. The van der Waals surface area contributed by atoms with E-state index >= 15 is 0 Å². The number of nitrogens with zero attached hydrogens (tertiary/aromatic N) is 2. The Bertz CT molecular complexity index is 806. The van der Waals surface area contributed by atoms with Gasteiger partial charge in [-0.25, -0.2) is 8.42 Å². The summed E-state index contributed by atoms with van der Waals surface area (Å²) in [4.78, 5) is 16.5. The SMILES string of the molecule is CN(C)CCC(=O)N1c2ccccc2S(=O)(=O)c2ccccc21. The van der Waals surface area contributed by atoms with Crippen LogP contribution in [0.1, 0.15) is 6.42 Å². The van der Waals surface area contributed by atoms with Gasteiger partial charge in [0, 0.05) is 13.0 Å². The molecule has 1 amide bonds. The van der Waals surface area contributed by atoms with Crippen molar-refractivity contribution in [1.82, 2.24) is 4.90 Å². The summed E-state index contributed by atoms with van der Waals surface area (Å²) in [5.74, 6) is -0.117.